The highest BCUT2D eigenvalue weighted by Crippen LogP contribution is 2.44. The number of rotatable bonds is 13. The van der Waals surface area contributed by atoms with Crippen molar-refractivity contribution >= 4 is 29.4 Å². The van der Waals surface area contributed by atoms with Crippen LogP contribution < -0.4 is 10.6 Å². The van der Waals surface area contributed by atoms with Gasteiger partial charge in [-0.1, -0.05) is 143 Å². The second-order valence-electron chi connectivity index (χ2n) is 15.4. The first-order chi connectivity index (χ1) is 24.8. The van der Waals surface area contributed by atoms with E-state index in [9.17, 15) is 14.4 Å². The molecule has 2 amide bonds. The Hall–Kier alpha value is -3.68. The number of carbonyl (C=O) groups is 3. The zero-order chi connectivity index (χ0) is 37.9. The van der Waals surface area contributed by atoms with Crippen LogP contribution in [0.15, 0.2) is 78.9 Å². The topological polar surface area (TPSA) is 87.7 Å². The third-order valence-corrected chi connectivity index (χ3v) is 11.3. The lowest BCUT2D eigenvalue weighted by Crippen LogP contribution is -2.59. The molecule has 52 heavy (non-hydrogen) atoms. The lowest BCUT2D eigenvalue weighted by molar-refractivity contribution is -0.155. The first-order valence-electron chi connectivity index (χ1n) is 19.2. The van der Waals surface area contributed by atoms with Gasteiger partial charge in [-0.2, -0.15) is 0 Å². The fourth-order valence-electron chi connectivity index (χ4n) is 7.18. The number of halogens is 1. The van der Waals surface area contributed by atoms with Crippen LogP contribution in [0.25, 0.3) is 0 Å². The second kappa shape index (κ2) is 18.9. The highest BCUT2D eigenvalue weighted by Gasteiger charge is 2.43. The van der Waals surface area contributed by atoms with Gasteiger partial charge in [-0.25, -0.2) is 0 Å². The lowest BCUT2D eigenvalue weighted by Gasteiger charge is -2.37. The number of hydrogen-bond acceptors (Lipinski definition) is 5. The summed E-state index contributed by atoms with van der Waals surface area (Å²) in [5.41, 5.74) is 1.35. The van der Waals surface area contributed by atoms with Crippen LogP contribution in [-0.2, 0) is 24.7 Å². The molecule has 3 atom stereocenters. The fraction of sp³-hybridized carbons (Fsp3) is 0.523. The minimum absolute atomic E-state index is 0.0673. The average Bonchev–Trinajstić information content (AvgIpc) is 3.14. The molecule has 3 aromatic carbocycles. The van der Waals surface area contributed by atoms with Gasteiger partial charge in [0.25, 0.3) is 0 Å². The summed E-state index contributed by atoms with van der Waals surface area (Å²) >= 11 is 6.97. The molecule has 7 nitrogen and oxygen atoms in total. The number of amides is 2. The number of likely N-dealkylation sites (N-methyl/N-ethyl adjacent to an activating group) is 2. The molecule has 4 rings (SSSR count). The van der Waals surface area contributed by atoms with E-state index < -0.39 is 29.2 Å². The Bertz CT molecular complexity index is 1600. The van der Waals surface area contributed by atoms with Gasteiger partial charge in [-0.05, 0) is 64.1 Å². The Balaban J connectivity index is 1.67. The van der Waals surface area contributed by atoms with Crippen LogP contribution >= 0.6 is 11.6 Å². The van der Waals surface area contributed by atoms with Crippen molar-refractivity contribution in [2.75, 3.05) is 14.1 Å². The van der Waals surface area contributed by atoms with E-state index in [2.05, 4.69) is 34.9 Å². The molecule has 0 aromatic heterocycles. The van der Waals surface area contributed by atoms with E-state index in [0.717, 1.165) is 11.1 Å². The Morgan fingerprint density at radius 2 is 1.35 bits per heavy atom. The van der Waals surface area contributed by atoms with Crippen molar-refractivity contribution in [2.24, 2.45) is 5.92 Å². The first-order valence-corrected chi connectivity index (χ1v) is 19.6. The monoisotopic (exact) mass is 729 g/mol. The van der Waals surface area contributed by atoms with Crippen molar-refractivity contribution < 1.29 is 19.1 Å². The van der Waals surface area contributed by atoms with Crippen LogP contribution in [0, 0.1) is 5.92 Å². The van der Waals surface area contributed by atoms with Crippen molar-refractivity contribution in [2.45, 2.75) is 128 Å². The molecule has 0 aliphatic heterocycles. The van der Waals surface area contributed by atoms with Crippen LogP contribution in [0.3, 0.4) is 0 Å². The van der Waals surface area contributed by atoms with Gasteiger partial charge in [-0.3, -0.25) is 14.4 Å². The number of esters is 1. The minimum Gasteiger partial charge on any atom is -0.444 e. The normalized spacial score (nSPS) is 17.0. The quantitative estimate of drug-likeness (QED) is 0.135. The smallest absolute Gasteiger partial charge is 0.309 e. The van der Waals surface area contributed by atoms with Gasteiger partial charge in [0.15, 0.2) is 5.60 Å². The maximum Gasteiger partial charge on any atom is 0.309 e. The van der Waals surface area contributed by atoms with Crippen molar-refractivity contribution in [3.05, 3.63) is 106 Å². The van der Waals surface area contributed by atoms with Gasteiger partial charge in [-0.15, -0.1) is 0 Å². The molecule has 0 spiro atoms. The molecule has 0 radical (unpaired) electrons. The van der Waals surface area contributed by atoms with Crippen LogP contribution in [0.2, 0.25) is 5.02 Å². The number of ether oxygens (including phenoxy) is 1. The van der Waals surface area contributed by atoms with E-state index in [1.807, 2.05) is 75.4 Å². The molecule has 282 valence electrons. The maximum absolute atomic E-state index is 14.2. The van der Waals surface area contributed by atoms with Crippen LogP contribution in [-0.4, -0.2) is 54.4 Å². The van der Waals surface area contributed by atoms with Gasteiger partial charge in [0, 0.05) is 34.8 Å². The molecule has 0 bridgehead atoms. The minimum atomic E-state index is -1.35. The highest BCUT2D eigenvalue weighted by atomic mass is 35.5. The molecule has 2 N–H and O–H groups in total. The summed E-state index contributed by atoms with van der Waals surface area (Å²) in [4.78, 5) is 42.6. The van der Waals surface area contributed by atoms with E-state index >= 15 is 0 Å². The number of nitrogens with one attached hydrogen (secondary N) is 2. The Kier molecular flexibility index (Phi) is 14.9. The molecule has 0 heterocycles. The predicted octanol–water partition coefficient (Wildman–Crippen LogP) is 9.16. The zero-order valence-electron chi connectivity index (χ0n) is 32.3. The van der Waals surface area contributed by atoms with E-state index in [1.54, 1.807) is 27.9 Å². The van der Waals surface area contributed by atoms with Crippen LogP contribution in [0.4, 0.5) is 0 Å². The summed E-state index contributed by atoms with van der Waals surface area (Å²) < 4.78 is 6.72. The van der Waals surface area contributed by atoms with E-state index in [4.69, 9.17) is 16.3 Å². The second-order valence-corrected chi connectivity index (χ2v) is 15.9. The summed E-state index contributed by atoms with van der Waals surface area (Å²) in [6.45, 7) is 9.14. The van der Waals surface area contributed by atoms with Crippen LogP contribution in [0.5, 0.6) is 0 Å². The summed E-state index contributed by atoms with van der Waals surface area (Å²) in [5.74, 6) is -0.697. The number of benzene rings is 3. The third kappa shape index (κ3) is 10.0. The fourth-order valence-corrected chi connectivity index (χ4v) is 7.45. The Morgan fingerprint density at radius 3 is 1.90 bits per heavy atom. The predicted molar refractivity (Wildman–Crippen MR) is 211 cm³/mol. The van der Waals surface area contributed by atoms with Crippen LogP contribution in [0.1, 0.15) is 127 Å². The SMILES string of the molecule is CNC(C)(C)C(=O)N[C@H](C(=O)N(C)[C@H](C)CC(=O)OC(c1ccccc1)(c1ccc(C2CCCCCCCCC2)cc1)c1ccccc1Cl)C(C)C. The van der Waals surface area contributed by atoms with Gasteiger partial charge < -0.3 is 20.3 Å². The molecule has 1 fully saturated rings. The number of hydrogen-bond donors (Lipinski definition) is 2. The van der Waals surface area contributed by atoms with Gasteiger partial charge in [0.05, 0.1) is 12.0 Å². The zero-order valence-corrected chi connectivity index (χ0v) is 33.1. The molecular formula is C44H60ClN3O4. The van der Waals surface area contributed by atoms with E-state index in [1.165, 1.54) is 68.3 Å². The first kappa shape index (κ1) is 41.1. The highest BCUT2D eigenvalue weighted by molar-refractivity contribution is 6.31. The molecule has 8 heteroatoms. The van der Waals surface area contributed by atoms with E-state index in [0.29, 0.717) is 16.5 Å². The molecule has 1 aliphatic carbocycles. The Morgan fingerprint density at radius 1 is 0.808 bits per heavy atom. The lowest BCUT2D eigenvalue weighted by atomic mass is 9.78. The van der Waals surface area contributed by atoms with Crippen molar-refractivity contribution in [1.82, 2.24) is 15.5 Å². The standard InChI is InChI=1S/C44H60ClN3O4/c1-31(2)40(47-42(51)43(4,5)46-6)41(50)48(7)32(3)30-39(49)52-44(35-22-16-13-17-23-35,37-24-18-19-25-38(37)45)36-28-26-34(27-29-36)33-20-14-11-9-8-10-12-15-21-33/h13,16-19,22-29,31-33,40,46H,8-12,14-15,20-21,30H2,1-7H3,(H,47,51)/t32-,40+,44?/m1/s1. The average molecular weight is 730 g/mol. The van der Waals surface area contributed by atoms with Gasteiger partial charge >= 0.3 is 5.97 Å². The van der Waals surface area contributed by atoms with E-state index in [-0.39, 0.29) is 24.2 Å². The van der Waals surface area contributed by atoms with Gasteiger partial charge in [0.2, 0.25) is 11.8 Å². The summed E-state index contributed by atoms with van der Waals surface area (Å²) in [6, 6.07) is 24.6. The molecular weight excluding hydrogens is 670 g/mol. The molecule has 1 unspecified atom stereocenters. The van der Waals surface area contributed by atoms with Crippen molar-refractivity contribution in [1.29, 1.82) is 0 Å². The molecule has 1 saturated carbocycles. The molecule has 3 aromatic rings. The third-order valence-electron chi connectivity index (χ3n) is 11.0. The largest absolute Gasteiger partial charge is 0.444 e. The number of nitrogens with zero attached hydrogens (tertiary/aromatic N) is 1. The van der Waals surface area contributed by atoms with Gasteiger partial charge in [0.1, 0.15) is 6.04 Å². The molecule has 0 saturated heterocycles. The van der Waals surface area contributed by atoms with Crippen molar-refractivity contribution in [3.8, 4) is 0 Å². The summed E-state index contributed by atoms with van der Waals surface area (Å²) in [6.07, 6.45) is 11.3. The maximum atomic E-state index is 14.2. The number of carbonyl (C=O) groups excluding carboxylic acids is 3. The molecule has 1 aliphatic rings. The summed E-state index contributed by atoms with van der Waals surface area (Å²) in [5, 5.41) is 6.39. The summed E-state index contributed by atoms with van der Waals surface area (Å²) in [7, 11) is 3.38. The van der Waals surface area contributed by atoms with Crippen molar-refractivity contribution in [3.63, 3.8) is 0 Å². The Labute approximate surface area is 317 Å².